The number of carbonyl (C=O) groups excluding carboxylic acids is 2. The lowest BCUT2D eigenvalue weighted by Gasteiger charge is -2.29. The first-order valence-electron chi connectivity index (χ1n) is 9.75. The Morgan fingerprint density at radius 1 is 1.12 bits per heavy atom. The number of nitrogens with zero attached hydrogens (tertiary/aromatic N) is 1. The lowest BCUT2D eigenvalue weighted by Crippen LogP contribution is -2.46. The standard InChI is InChI=1S/C21H23ClN2O7S/c1-14(20(25)24-9-11-30-12-10-24)31-21(26)15-3-8-18(22)19(13-15)32(27,28)23-16-4-6-17(29-2)7-5-16/h3-8,13-14,23H,9-12H2,1-2H3/t14-/m1/s1. The molecule has 0 spiro atoms. The van der Waals surface area contributed by atoms with Crippen molar-refractivity contribution in [3.63, 3.8) is 0 Å². The molecular formula is C21H23ClN2O7S. The zero-order valence-electron chi connectivity index (χ0n) is 17.5. The highest BCUT2D eigenvalue weighted by Gasteiger charge is 2.27. The van der Waals surface area contributed by atoms with Gasteiger partial charge < -0.3 is 19.1 Å². The van der Waals surface area contributed by atoms with Crippen LogP contribution < -0.4 is 9.46 Å². The van der Waals surface area contributed by atoms with Crippen molar-refractivity contribution in [2.75, 3.05) is 38.1 Å². The number of esters is 1. The molecule has 3 rings (SSSR count). The maximum atomic E-state index is 12.8. The highest BCUT2D eigenvalue weighted by Crippen LogP contribution is 2.26. The fraction of sp³-hybridized carbons (Fsp3) is 0.333. The molecule has 1 aliphatic heterocycles. The van der Waals surface area contributed by atoms with Crippen molar-refractivity contribution in [3.05, 3.63) is 53.1 Å². The first-order valence-corrected chi connectivity index (χ1v) is 11.6. The Bertz CT molecular complexity index is 1080. The van der Waals surface area contributed by atoms with E-state index in [0.717, 1.165) is 6.07 Å². The van der Waals surface area contributed by atoms with Crippen LogP contribution in [0.25, 0.3) is 0 Å². The summed E-state index contributed by atoms with van der Waals surface area (Å²) in [6, 6.07) is 9.99. The first-order chi connectivity index (χ1) is 15.2. The van der Waals surface area contributed by atoms with E-state index in [1.54, 1.807) is 17.0 Å². The van der Waals surface area contributed by atoms with E-state index in [4.69, 9.17) is 25.8 Å². The van der Waals surface area contributed by atoms with Crippen LogP contribution in [-0.2, 0) is 24.3 Å². The van der Waals surface area contributed by atoms with Gasteiger partial charge in [-0.1, -0.05) is 11.6 Å². The van der Waals surface area contributed by atoms with Gasteiger partial charge in [-0.15, -0.1) is 0 Å². The molecule has 0 bridgehead atoms. The van der Waals surface area contributed by atoms with Gasteiger partial charge in [-0.05, 0) is 49.4 Å². The molecule has 1 saturated heterocycles. The lowest BCUT2D eigenvalue weighted by molar-refractivity contribution is -0.143. The number of nitrogens with one attached hydrogen (secondary N) is 1. The van der Waals surface area contributed by atoms with Crippen LogP contribution in [0.3, 0.4) is 0 Å². The van der Waals surface area contributed by atoms with Crippen molar-refractivity contribution in [3.8, 4) is 5.75 Å². The van der Waals surface area contributed by atoms with Gasteiger partial charge in [-0.3, -0.25) is 9.52 Å². The van der Waals surface area contributed by atoms with Crippen LogP contribution in [0.15, 0.2) is 47.4 Å². The third-order valence-corrected chi connectivity index (χ3v) is 6.62. The predicted molar refractivity (Wildman–Crippen MR) is 118 cm³/mol. The van der Waals surface area contributed by atoms with Crippen LogP contribution in [0, 0.1) is 0 Å². The summed E-state index contributed by atoms with van der Waals surface area (Å²) in [5.41, 5.74) is 0.241. The van der Waals surface area contributed by atoms with E-state index < -0.39 is 22.1 Å². The van der Waals surface area contributed by atoms with E-state index >= 15 is 0 Å². The van der Waals surface area contributed by atoms with E-state index in [-0.39, 0.29) is 21.4 Å². The third kappa shape index (κ3) is 5.70. The Kier molecular flexibility index (Phi) is 7.60. The molecule has 32 heavy (non-hydrogen) atoms. The van der Waals surface area contributed by atoms with Crippen LogP contribution in [0.2, 0.25) is 5.02 Å². The van der Waals surface area contributed by atoms with Crippen molar-refractivity contribution in [1.29, 1.82) is 0 Å². The Hall–Kier alpha value is -2.82. The molecule has 172 valence electrons. The molecule has 0 radical (unpaired) electrons. The van der Waals surface area contributed by atoms with E-state index in [1.807, 2.05) is 0 Å². The van der Waals surface area contributed by atoms with E-state index in [1.165, 1.54) is 38.3 Å². The largest absolute Gasteiger partial charge is 0.497 e. The van der Waals surface area contributed by atoms with Gasteiger partial charge in [0.25, 0.3) is 15.9 Å². The molecule has 1 amide bonds. The third-order valence-electron chi connectivity index (χ3n) is 4.75. The number of hydrogen-bond acceptors (Lipinski definition) is 7. The van der Waals surface area contributed by atoms with Gasteiger partial charge in [-0.2, -0.15) is 0 Å². The van der Waals surface area contributed by atoms with E-state index in [9.17, 15) is 18.0 Å². The molecule has 2 aromatic rings. The van der Waals surface area contributed by atoms with Crippen LogP contribution in [0.1, 0.15) is 17.3 Å². The van der Waals surface area contributed by atoms with Crippen LogP contribution in [0.5, 0.6) is 5.75 Å². The molecule has 1 atom stereocenters. The highest BCUT2D eigenvalue weighted by molar-refractivity contribution is 7.92. The topological polar surface area (TPSA) is 111 Å². The summed E-state index contributed by atoms with van der Waals surface area (Å²) in [7, 11) is -2.60. The SMILES string of the molecule is COc1ccc(NS(=O)(=O)c2cc(C(=O)O[C@H](C)C(=O)N3CCOCC3)ccc2Cl)cc1. The number of anilines is 1. The number of hydrogen-bond donors (Lipinski definition) is 1. The zero-order valence-corrected chi connectivity index (χ0v) is 19.1. The number of ether oxygens (including phenoxy) is 3. The van der Waals surface area contributed by atoms with Crippen molar-refractivity contribution in [1.82, 2.24) is 4.90 Å². The monoisotopic (exact) mass is 482 g/mol. The second-order valence-corrected chi connectivity index (χ2v) is 9.02. The number of halogens is 1. The minimum Gasteiger partial charge on any atom is -0.497 e. The fourth-order valence-corrected chi connectivity index (χ4v) is 4.61. The number of methoxy groups -OCH3 is 1. The van der Waals surface area contributed by atoms with E-state index in [2.05, 4.69) is 4.72 Å². The maximum Gasteiger partial charge on any atom is 0.338 e. The average Bonchev–Trinajstić information content (AvgIpc) is 2.79. The minimum absolute atomic E-state index is 0.0499. The number of carbonyl (C=O) groups is 2. The zero-order chi connectivity index (χ0) is 23.3. The van der Waals surface area contributed by atoms with Gasteiger partial charge in [0.15, 0.2) is 6.10 Å². The molecule has 1 heterocycles. The van der Waals surface area contributed by atoms with Crippen molar-refractivity contribution >= 4 is 39.2 Å². The summed E-state index contributed by atoms with van der Waals surface area (Å²) < 4.78 is 43.6. The van der Waals surface area contributed by atoms with Crippen molar-refractivity contribution in [2.45, 2.75) is 17.9 Å². The molecule has 0 aliphatic carbocycles. The Labute approximate surface area is 191 Å². The number of benzene rings is 2. The van der Waals surface area contributed by atoms with Crippen molar-refractivity contribution < 1.29 is 32.2 Å². The predicted octanol–water partition coefficient (Wildman–Crippen LogP) is 2.55. The molecule has 0 saturated carbocycles. The smallest absolute Gasteiger partial charge is 0.338 e. The Morgan fingerprint density at radius 2 is 1.78 bits per heavy atom. The maximum absolute atomic E-state index is 12.8. The minimum atomic E-state index is -4.10. The molecule has 9 nitrogen and oxygen atoms in total. The number of rotatable bonds is 7. The number of morpholine rings is 1. The first kappa shape index (κ1) is 23.8. The molecule has 0 aromatic heterocycles. The van der Waals surface area contributed by atoms with Gasteiger partial charge in [0, 0.05) is 18.8 Å². The molecular weight excluding hydrogens is 460 g/mol. The van der Waals surface area contributed by atoms with Gasteiger partial charge in [0.2, 0.25) is 0 Å². The van der Waals surface area contributed by atoms with Crippen LogP contribution in [0.4, 0.5) is 5.69 Å². The van der Waals surface area contributed by atoms with E-state index in [0.29, 0.717) is 37.7 Å². The fourth-order valence-electron chi connectivity index (χ4n) is 3.03. The summed E-state index contributed by atoms with van der Waals surface area (Å²) in [5, 5.41) is -0.0694. The summed E-state index contributed by atoms with van der Waals surface area (Å²) >= 11 is 6.09. The molecule has 1 N–H and O–H groups in total. The molecule has 0 unspecified atom stereocenters. The van der Waals surface area contributed by atoms with Crippen LogP contribution >= 0.6 is 11.6 Å². The Balaban J connectivity index is 1.74. The number of amides is 1. The summed E-state index contributed by atoms with van der Waals surface area (Å²) in [4.78, 5) is 26.3. The van der Waals surface area contributed by atoms with Gasteiger partial charge in [0.05, 0.1) is 30.9 Å². The van der Waals surface area contributed by atoms with Gasteiger partial charge >= 0.3 is 5.97 Å². The molecule has 1 fully saturated rings. The van der Waals surface area contributed by atoms with Crippen molar-refractivity contribution in [2.24, 2.45) is 0 Å². The molecule has 1 aliphatic rings. The average molecular weight is 483 g/mol. The second-order valence-electron chi connectivity index (χ2n) is 6.96. The molecule has 11 heteroatoms. The second kappa shape index (κ2) is 10.2. The van der Waals surface area contributed by atoms with Gasteiger partial charge in [0.1, 0.15) is 10.6 Å². The normalized spacial score (nSPS) is 15.0. The number of sulfonamides is 1. The Morgan fingerprint density at radius 3 is 2.41 bits per heavy atom. The summed E-state index contributed by atoms with van der Waals surface area (Å²) in [5.74, 6) is -0.613. The molecule has 2 aromatic carbocycles. The highest BCUT2D eigenvalue weighted by atomic mass is 35.5. The van der Waals surface area contributed by atoms with Gasteiger partial charge in [-0.25, -0.2) is 13.2 Å². The quantitative estimate of drug-likeness (QED) is 0.603. The summed E-state index contributed by atoms with van der Waals surface area (Å²) in [6.45, 7) is 3.15. The lowest BCUT2D eigenvalue weighted by atomic mass is 10.2. The van der Waals surface area contributed by atoms with Crippen LogP contribution in [-0.4, -0.2) is 64.7 Å². The summed E-state index contributed by atoms with van der Waals surface area (Å²) in [6.07, 6.45) is -1.03.